The molecule has 0 unspecified atom stereocenters. The molecule has 0 N–H and O–H groups in total. The lowest BCUT2D eigenvalue weighted by Crippen LogP contribution is -2.51. The third kappa shape index (κ3) is 5.22. The minimum absolute atomic E-state index is 0.00243. The van der Waals surface area contributed by atoms with E-state index in [-0.39, 0.29) is 23.8 Å². The van der Waals surface area contributed by atoms with Gasteiger partial charge in [-0.1, -0.05) is 29.4 Å². The standard InChI is InChI=1S/C25H26FN3O4/c1-17-22(18(2)33-27-17)16-32-20-9-7-19(8-10-20)15-24(30)28-11-13-29(14-12-28)25(31)21-5-3-4-6-23(21)26/h3-10H,11-16H2,1-2H3. The number of amides is 2. The molecular formula is C25H26FN3O4. The van der Waals surface area contributed by atoms with Crippen molar-refractivity contribution in [2.75, 3.05) is 26.2 Å². The highest BCUT2D eigenvalue weighted by Crippen LogP contribution is 2.19. The van der Waals surface area contributed by atoms with Gasteiger partial charge in [0.1, 0.15) is 23.9 Å². The summed E-state index contributed by atoms with van der Waals surface area (Å²) in [6.45, 7) is 5.72. The number of rotatable bonds is 6. The molecule has 3 aromatic rings. The number of hydrogen-bond acceptors (Lipinski definition) is 5. The van der Waals surface area contributed by atoms with Crippen LogP contribution >= 0.6 is 0 Å². The maximum atomic E-state index is 13.9. The van der Waals surface area contributed by atoms with Crippen molar-refractivity contribution in [3.05, 3.63) is 82.5 Å². The SMILES string of the molecule is Cc1noc(C)c1COc1ccc(CC(=O)N2CCN(C(=O)c3ccccc3F)CC2)cc1. The normalized spacial score (nSPS) is 13.8. The first kappa shape index (κ1) is 22.5. The number of aromatic nitrogens is 1. The lowest BCUT2D eigenvalue weighted by molar-refractivity contribution is -0.131. The van der Waals surface area contributed by atoms with Crippen molar-refractivity contribution in [1.29, 1.82) is 0 Å². The fourth-order valence-electron chi connectivity index (χ4n) is 3.82. The number of hydrogen-bond donors (Lipinski definition) is 0. The fraction of sp³-hybridized carbons (Fsp3) is 0.320. The highest BCUT2D eigenvalue weighted by atomic mass is 19.1. The molecule has 172 valence electrons. The molecule has 4 rings (SSSR count). The van der Waals surface area contributed by atoms with E-state index in [1.165, 1.54) is 12.1 Å². The predicted molar refractivity (Wildman–Crippen MR) is 119 cm³/mol. The number of carbonyl (C=O) groups is 2. The summed E-state index contributed by atoms with van der Waals surface area (Å²) in [6, 6.07) is 13.4. The number of nitrogens with zero attached hydrogens (tertiary/aromatic N) is 3. The van der Waals surface area contributed by atoms with E-state index in [4.69, 9.17) is 9.26 Å². The molecule has 2 aromatic carbocycles. The first-order valence-electron chi connectivity index (χ1n) is 10.9. The maximum Gasteiger partial charge on any atom is 0.256 e. The van der Waals surface area contributed by atoms with Crippen LogP contribution in [0.25, 0.3) is 0 Å². The fourth-order valence-corrected chi connectivity index (χ4v) is 3.82. The van der Waals surface area contributed by atoms with Crippen molar-refractivity contribution in [3.63, 3.8) is 0 Å². The third-order valence-electron chi connectivity index (χ3n) is 5.87. The van der Waals surface area contributed by atoms with E-state index >= 15 is 0 Å². The molecule has 0 spiro atoms. The Morgan fingerprint density at radius 1 is 1.00 bits per heavy atom. The average molecular weight is 451 g/mol. The van der Waals surface area contributed by atoms with Crippen LogP contribution in [0.4, 0.5) is 4.39 Å². The van der Waals surface area contributed by atoms with Crippen LogP contribution in [-0.4, -0.2) is 52.9 Å². The quantitative estimate of drug-likeness (QED) is 0.573. The number of benzene rings is 2. The van der Waals surface area contributed by atoms with Gasteiger partial charge in [-0.25, -0.2) is 4.39 Å². The van der Waals surface area contributed by atoms with Gasteiger partial charge in [-0.05, 0) is 43.7 Å². The molecule has 2 heterocycles. The highest BCUT2D eigenvalue weighted by molar-refractivity contribution is 5.94. The summed E-state index contributed by atoms with van der Waals surface area (Å²) in [6.07, 6.45) is 0.269. The van der Waals surface area contributed by atoms with Crippen LogP contribution in [0.5, 0.6) is 5.75 Å². The summed E-state index contributed by atoms with van der Waals surface area (Å²) in [4.78, 5) is 28.6. The molecule has 0 radical (unpaired) electrons. The Morgan fingerprint density at radius 2 is 1.67 bits per heavy atom. The van der Waals surface area contributed by atoms with Gasteiger partial charge in [0.05, 0.1) is 23.2 Å². The molecular weight excluding hydrogens is 425 g/mol. The lowest BCUT2D eigenvalue weighted by atomic mass is 10.1. The maximum absolute atomic E-state index is 13.9. The summed E-state index contributed by atoms with van der Waals surface area (Å²) in [5.74, 6) is 0.571. The van der Waals surface area contributed by atoms with Gasteiger partial charge in [0, 0.05) is 26.2 Å². The number of carbonyl (C=O) groups excluding carboxylic acids is 2. The van der Waals surface area contributed by atoms with E-state index in [1.54, 1.807) is 21.9 Å². The van der Waals surface area contributed by atoms with Crippen LogP contribution in [0, 0.1) is 19.7 Å². The Kier molecular flexibility index (Phi) is 6.72. The van der Waals surface area contributed by atoms with Crippen molar-refractivity contribution < 1.29 is 23.2 Å². The molecule has 8 heteroatoms. The highest BCUT2D eigenvalue weighted by Gasteiger charge is 2.26. The summed E-state index contributed by atoms with van der Waals surface area (Å²) in [5.41, 5.74) is 2.69. The van der Waals surface area contributed by atoms with Gasteiger partial charge in [-0.15, -0.1) is 0 Å². The van der Waals surface area contributed by atoms with Crippen molar-refractivity contribution >= 4 is 11.8 Å². The first-order valence-corrected chi connectivity index (χ1v) is 10.9. The van der Waals surface area contributed by atoms with Crippen LogP contribution in [0.3, 0.4) is 0 Å². The molecule has 0 aliphatic carbocycles. The molecule has 0 saturated carbocycles. The molecule has 1 fully saturated rings. The molecule has 1 aliphatic heterocycles. The number of aryl methyl sites for hydroxylation is 2. The zero-order valence-electron chi connectivity index (χ0n) is 18.7. The van der Waals surface area contributed by atoms with E-state index in [9.17, 15) is 14.0 Å². The smallest absolute Gasteiger partial charge is 0.256 e. The molecule has 7 nitrogen and oxygen atoms in total. The lowest BCUT2D eigenvalue weighted by Gasteiger charge is -2.35. The van der Waals surface area contributed by atoms with Crippen LogP contribution in [0.1, 0.15) is 32.9 Å². The van der Waals surface area contributed by atoms with E-state index < -0.39 is 5.82 Å². The second-order valence-electron chi connectivity index (χ2n) is 8.06. The zero-order valence-corrected chi connectivity index (χ0v) is 18.7. The Hall–Kier alpha value is -3.68. The van der Waals surface area contributed by atoms with E-state index in [0.717, 1.165) is 22.6 Å². The largest absolute Gasteiger partial charge is 0.489 e. The average Bonchev–Trinajstić information content (AvgIpc) is 3.15. The van der Waals surface area contributed by atoms with Crippen LogP contribution in [0.15, 0.2) is 53.1 Å². The van der Waals surface area contributed by atoms with Crippen LogP contribution < -0.4 is 4.74 Å². The van der Waals surface area contributed by atoms with Crippen molar-refractivity contribution in [1.82, 2.24) is 15.0 Å². The van der Waals surface area contributed by atoms with Crippen molar-refractivity contribution in [2.45, 2.75) is 26.9 Å². The summed E-state index contributed by atoms with van der Waals surface area (Å²) in [5, 5.41) is 3.92. The number of ether oxygens (including phenoxy) is 1. The minimum Gasteiger partial charge on any atom is -0.489 e. The Bertz CT molecular complexity index is 1120. The van der Waals surface area contributed by atoms with Gasteiger partial charge in [-0.3, -0.25) is 9.59 Å². The number of piperazine rings is 1. The molecule has 0 atom stereocenters. The monoisotopic (exact) mass is 451 g/mol. The van der Waals surface area contributed by atoms with Gasteiger partial charge in [-0.2, -0.15) is 0 Å². The van der Waals surface area contributed by atoms with Gasteiger partial charge < -0.3 is 19.1 Å². The molecule has 1 aromatic heterocycles. The summed E-state index contributed by atoms with van der Waals surface area (Å²) in [7, 11) is 0. The Balaban J connectivity index is 1.27. The Labute approximate surface area is 191 Å². The summed E-state index contributed by atoms with van der Waals surface area (Å²) >= 11 is 0. The third-order valence-corrected chi connectivity index (χ3v) is 5.87. The van der Waals surface area contributed by atoms with Gasteiger partial charge >= 0.3 is 0 Å². The molecule has 2 amide bonds. The first-order chi connectivity index (χ1) is 15.9. The van der Waals surface area contributed by atoms with E-state index in [1.807, 2.05) is 38.1 Å². The minimum atomic E-state index is -0.528. The van der Waals surface area contributed by atoms with Gasteiger partial charge in [0.2, 0.25) is 5.91 Å². The Morgan fingerprint density at radius 3 is 2.30 bits per heavy atom. The summed E-state index contributed by atoms with van der Waals surface area (Å²) < 4.78 is 24.8. The molecule has 1 aliphatic rings. The predicted octanol–water partition coefficient (Wildman–Crippen LogP) is 3.54. The topological polar surface area (TPSA) is 75.9 Å². The van der Waals surface area contributed by atoms with Gasteiger partial charge in [0.25, 0.3) is 5.91 Å². The molecule has 0 bridgehead atoms. The molecule has 1 saturated heterocycles. The number of halogens is 1. The van der Waals surface area contributed by atoms with Crippen LogP contribution in [-0.2, 0) is 17.8 Å². The second-order valence-corrected chi connectivity index (χ2v) is 8.06. The van der Waals surface area contributed by atoms with Crippen molar-refractivity contribution in [2.24, 2.45) is 0 Å². The molecule has 33 heavy (non-hydrogen) atoms. The van der Waals surface area contributed by atoms with E-state index in [2.05, 4.69) is 5.16 Å². The van der Waals surface area contributed by atoms with Crippen LogP contribution in [0.2, 0.25) is 0 Å². The van der Waals surface area contributed by atoms with Crippen molar-refractivity contribution in [3.8, 4) is 5.75 Å². The van der Waals surface area contributed by atoms with Gasteiger partial charge in [0.15, 0.2) is 0 Å². The van der Waals surface area contributed by atoms with E-state index in [0.29, 0.717) is 38.5 Å². The second kappa shape index (κ2) is 9.85. The zero-order chi connectivity index (χ0) is 23.4.